The van der Waals surface area contributed by atoms with Crippen LogP contribution in [-0.2, 0) is 36.7 Å². The summed E-state index contributed by atoms with van der Waals surface area (Å²) in [5, 5.41) is 12.5. The van der Waals surface area contributed by atoms with Crippen molar-refractivity contribution >= 4 is 27.7 Å². The van der Waals surface area contributed by atoms with Gasteiger partial charge in [0.1, 0.15) is 23.4 Å². The number of carbonyl (C=O) groups excluding carboxylic acids is 1. The number of nitrogens with zero attached hydrogens (tertiary/aromatic N) is 3. The Labute approximate surface area is 319 Å². The van der Waals surface area contributed by atoms with Gasteiger partial charge in [0.15, 0.2) is 11.4 Å². The summed E-state index contributed by atoms with van der Waals surface area (Å²) in [6.45, 7) is 23.2. The number of aliphatic hydroxyl groups is 1. The number of aromatic nitrogens is 3. The molecule has 3 heterocycles. The topological polar surface area (TPSA) is 89.1 Å². The number of hydrogen-bond acceptors (Lipinski definition) is 6. The number of ketones is 1. The Hall–Kier alpha value is -3.67. The van der Waals surface area contributed by atoms with Crippen molar-refractivity contribution < 1.29 is 34.4 Å². The molecule has 7 heteroatoms. The molecule has 5 rings (SSSR count). The van der Waals surface area contributed by atoms with Crippen LogP contribution in [0.5, 0.6) is 0 Å². The van der Waals surface area contributed by atoms with Crippen LogP contribution in [0.25, 0.3) is 44.5 Å². The number of rotatable bonds is 11. The molecule has 0 bridgehead atoms. The predicted octanol–water partition coefficient (Wildman–Crippen LogP) is 12.0. The average Bonchev–Trinajstić information content (AvgIpc) is 3.51. The molecule has 51 heavy (non-hydrogen) atoms. The van der Waals surface area contributed by atoms with Gasteiger partial charge in [-0.05, 0) is 55.2 Å². The van der Waals surface area contributed by atoms with Crippen LogP contribution in [0.4, 0.5) is 0 Å². The summed E-state index contributed by atoms with van der Waals surface area (Å²) in [5.41, 5.74) is 5.73. The molecule has 0 aliphatic rings. The molecule has 0 unspecified atom stereocenters. The molecule has 0 saturated heterocycles. The first-order valence-electron chi connectivity index (χ1n) is 18.2. The van der Waals surface area contributed by atoms with Gasteiger partial charge in [-0.15, -0.1) is 29.1 Å². The second-order valence-corrected chi connectivity index (χ2v) is 15.5. The number of benzene rings is 2. The normalized spacial score (nSPS) is 12.5. The van der Waals surface area contributed by atoms with Gasteiger partial charge in [-0.25, -0.2) is 9.97 Å². The quantitative estimate of drug-likeness (QED) is 0.0808. The van der Waals surface area contributed by atoms with E-state index in [2.05, 4.69) is 81.0 Å². The van der Waals surface area contributed by atoms with Crippen LogP contribution < -0.4 is 0 Å². The van der Waals surface area contributed by atoms with Crippen LogP contribution in [0.1, 0.15) is 113 Å². The van der Waals surface area contributed by atoms with E-state index in [-0.39, 0.29) is 47.9 Å². The van der Waals surface area contributed by atoms with E-state index in [1.165, 1.54) is 17.0 Å². The molecule has 0 saturated carbocycles. The minimum absolute atomic E-state index is 0. The first-order valence-corrected chi connectivity index (χ1v) is 18.2. The van der Waals surface area contributed by atoms with E-state index in [4.69, 9.17) is 9.40 Å². The van der Waals surface area contributed by atoms with Gasteiger partial charge in [0, 0.05) is 55.2 Å². The number of fused-ring (bicyclic) bond motifs is 2. The zero-order valence-corrected chi connectivity index (χ0v) is 34.8. The van der Waals surface area contributed by atoms with Gasteiger partial charge in [-0.3, -0.25) is 9.78 Å². The van der Waals surface area contributed by atoms with Crippen molar-refractivity contribution in [2.24, 2.45) is 16.7 Å². The zero-order valence-electron chi connectivity index (χ0n) is 32.4. The van der Waals surface area contributed by atoms with Crippen LogP contribution in [0, 0.1) is 22.8 Å². The number of pyridine rings is 1. The zero-order chi connectivity index (χ0) is 36.9. The SMILES string of the molecule is CC(C)Cc1cc2nc(-c3cc(-c4[c-]c5ccccc5c(C(C)(C)C)c4)ncn3)ccc2o1.CCC(C)(CC)C(=O)/C=C(\O)C(C)(CC)CC.[Ir]. The molecule has 0 fully saturated rings. The first-order chi connectivity index (χ1) is 23.6. The van der Waals surface area contributed by atoms with Crippen molar-refractivity contribution in [2.45, 2.75) is 114 Å². The van der Waals surface area contributed by atoms with E-state index in [1.807, 2.05) is 65.8 Å². The number of allylic oxidation sites excluding steroid dienone is 2. The maximum absolute atomic E-state index is 12.2. The van der Waals surface area contributed by atoms with Crippen molar-refractivity contribution in [3.05, 3.63) is 90.1 Å². The van der Waals surface area contributed by atoms with Crippen molar-refractivity contribution in [3.8, 4) is 22.6 Å². The second-order valence-electron chi connectivity index (χ2n) is 15.5. The largest absolute Gasteiger partial charge is 0.512 e. The van der Waals surface area contributed by atoms with E-state index in [9.17, 15) is 9.90 Å². The molecule has 275 valence electrons. The Bertz CT molecular complexity index is 1960. The van der Waals surface area contributed by atoms with Crippen LogP contribution in [-0.4, -0.2) is 25.8 Å². The summed E-state index contributed by atoms with van der Waals surface area (Å²) < 4.78 is 5.95. The van der Waals surface area contributed by atoms with Crippen molar-refractivity contribution in [1.82, 2.24) is 15.0 Å². The summed E-state index contributed by atoms with van der Waals surface area (Å²) >= 11 is 0. The van der Waals surface area contributed by atoms with E-state index >= 15 is 0 Å². The molecule has 2 aromatic carbocycles. The summed E-state index contributed by atoms with van der Waals surface area (Å²) in [7, 11) is 0. The summed E-state index contributed by atoms with van der Waals surface area (Å²) in [4.78, 5) is 26.1. The number of furan rings is 1. The monoisotopic (exact) mass is 867 g/mol. The molecule has 1 radical (unpaired) electrons. The third-order valence-corrected chi connectivity index (χ3v) is 10.4. The number of aliphatic hydroxyl groups excluding tert-OH is 1. The van der Waals surface area contributed by atoms with Gasteiger partial charge in [0.05, 0.1) is 11.4 Å². The van der Waals surface area contributed by atoms with Crippen LogP contribution in [0.15, 0.2) is 77.2 Å². The molecule has 3 aromatic heterocycles. The maximum atomic E-state index is 12.2. The molecule has 0 spiro atoms. The van der Waals surface area contributed by atoms with Gasteiger partial charge < -0.3 is 9.52 Å². The molecule has 6 nitrogen and oxygen atoms in total. The van der Waals surface area contributed by atoms with Crippen molar-refractivity contribution in [1.29, 1.82) is 0 Å². The molecular weight excluding hydrogens is 811 g/mol. The fourth-order valence-electron chi connectivity index (χ4n) is 5.94. The van der Waals surface area contributed by atoms with E-state index in [0.29, 0.717) is 5.92 Å². The van der Waals surface area contributed by atoms with Gasteiger partial charge in [0.2, 0.25) is 0 Å². The van der Waals surface area contributed by atoms with Gasteiger partial charge in [-0.2, -0.15) is 0 Å². The van der Waals surface area contributed by atoms with E-state index < -0.39 is 0 Å². The van der Waals surface area contributed by atoms with Gasteiger partial charge >= 0.3 is 0 Å². The van der Waals surface area contributed by atoms with Crippen LogP contribution >= 0.6 is 0 Å². The number of hydrogen-bond donors (Lipinski definition) is 1. The number of carbonyl (C=O) groups is 1. The van der Waals surface area contributed by atoms with E-state index in [1.54, 1.807) is 6.33 Å². The summed E-state index contributed by atoms with van der Waals surface area (Å²) in [6.07, 6.45) is 7.26. The third-order valence-electron chi connectivity index (χ3n) is 10.4. The Balaban J connectivity index is 0.000000335. The minimum atomic E-state index is -0.337. The third kappa shape index (κ3) is 9.81. The molecule has 0 atom stereocenters. The second kappa shape index (κ2) is 17.2. The standard InChI is InChI=1S/C29H28N3O.C15H28O2.Ir/c1-18(2)12-21-15-27-28(33-21)11-10-24(32-27)26-16-25(30-17-31-26)20-13-19-8-6-7-9-22(19)23(14-20)29(3,4)5;1-7-14(5,8-2)12(16)11-13(17)15(6,9-3)10-4;/h6-11,14-18H,12H2,1-5H3;11,16H,7-10H2,1-6H3;/q-1;;/b;12-11-;. The molecule has 1 N–H and O–H groups in total. The van der Waals surface area contributed by atoms with Gasteiger partial charge in [0.25, 0.3) is 0 Å². The molecule has 0 aliphatic heterocycles. The molecule has 0 aliphatic carbocycles. The smallest absolute Gasteiger partial charge is 0.164 e. The molecular formula is C44H56IrN3O3-. The summed E-state index contributed by atoms with van der Waals surface area (Å²) in [6, 6.07) is 22.1. The van der Waals surface area contributed by atoms with Crippen molar-refractivity contribution in [2.75, 3.05) is 0 Å². The van der Waals surface area contributed by atoms with Crippen LogP contribution in [0.3, 0.4) is 0 Å². The average molecular weight is 867 g/mol. The Morgan fingerprint density at radius 3 is 2.08 bits per heavy atom. The fraction of sp³-hybridized carbons (Fsp3) is 0.455. The maximum Gasteiger partial charge on any atom is 0.164 e. The summed E-state index contributed by atoms with van der Waals surface area (Å²) in [5.74, 6) is 1.79. The van der Waals surface area contributed by atoms with E-state index in [0.717, 1.165) is 77.0 Å². The van der Waals surface area contributed by atoms with Gasteiger partial charge in [-0.1, -0.05) is 105 Å². The molecule has 5 aromatic rings. The van der Waals surface area contributed by atoms with Crippen molar-refractivity contribution in [3.63, 3.8) is 0 Å². The van der Waals surface area contributed by atoms with Crippen LogP contribution in [0.2, 0.25) is 0 Å². The Morgan fingerprint density at radius 2 is 1.47 bits per heavy atom. The molecule has 0 amide bonds. The minimum Gasteiger partial charge on any atom is -0.512 e. The fourth-order valence-corrected chi connectivity index (χ4v) is 5.94. The predicted molar refractivity (Wildman–Crippen MR) is 207 cm³/mol. The first kappa shape index (κ1) is 41.7. The Morgan fingerprint density at radius 1 is 0.843 bits per heavy atom. The Kier molecular flexibility index (Phi) is 14.1.